The number of rotatable bonds is 5. The summed E-state index contributed by atoms with van der Waals surface area (Å²) in [6, 6.07) is 47.0. The lowest BCUT2D eigenvalue weighted by Crippen LogP contribution is -2.30. The maximum absolute atomic E-state index is 13.4. The summed E-state index contributed by atoms with van der Waals surface area (Å²) in [5.74, 6) is 1.85. The molecule has 0 unspecified atom stereocenters. The Hall–Kier alpha value is -6.66. The lowest BCUT2D eigenvalue weighted by atomic mass is 9.68. The molecule has 6 aromatic carbocycles. The highest BCUT2D eigenvalue weighted by atomic mass is 16.1. The number of fused-ring (bicyclic) bond motifs is 3. The average Bonchev–Trinajstić information content (AvgIpc) is 3.20. The van der Waals surface area contributed by atoms with Crippen LogP contribution in [0.5, 0.6) is 0 Å². The average molecular weight is 658 g/mol. The second-order valence-electron chi connectivity index (χ2n) is 13.3. The maximum Gasteiger partial charge on any atom is 0.193 e. The molecule has 0 atom stereocenters. The summed E-state index contributed by atoms with van der Waals surface area (Å²) in [4.78, 5) is 36.8. The zero-order chi connectivity index (χ0) is 34.5. The summed E-state index contributed by atoms with van der Waals surface area (Å²) >= 11 is 0. The highest BCUT2D eigenvalue weighted by Gasteiger charge is 2.36. The van der Waals surface area contributed by atoms with Crippen LogP contribution in [0.3, 0.4) is 0 Å². The third-order valence-corrected chi connectivity index (χ3v) is 9.94. The molecule has 0 aliphatic heterocycles. The molecule has 2 heterocycles. The van der Waals surface area contributed by atoms with Crippen molar-refractivity contribution >= 4 is 16.7 Å². The minimum atomic E-state index is -0.276. The van der Waals surface area contributed by atoms with Crippen LogP contribution in [0.25, 0.3) is 67.3 Å². The van der Waals surface area contributed by atoms with E-state index < -0.39 is 0 Å². The van der Waals surface area contributed by atoms with E-state index in [4.69, 9.17) is 15.0 Å². The van der Waals surface area contributed by atoms with E-state index in [0.29, 0.717) is 17.5 Å². The van der Waals surface area contributed by atoms with Crippen molar-refractivity contribution in [3.05, 3.63) is 174 Å². The van der Waals surface area contributed by atoms with E-state index in [2.05, 4.69) is 90.5 Å². The fourth-order valence-electron chi connectivity index (χ4n) is 7.16. The zero-order valence-corrected chi connectivity index (χ0v) is 28.1. The molecule has 9 rings (SSSR count). The van der Waals surface area contributed by atoms with Crippen LogP contribution < -0.4 is 0 Å². The number of benzene rings is 6. The van der Waals surface area contributed by atoms with Gasteiger partial charge in [0.25, 0.3) is 0 Å². The van der Waals surface area contributed by atoms with Crippen LogP contribution in [0.2, 0.25) is 0 Å². The van der Waals surface area contributed by atoms with E-state index >= 15 is 0 Å². The van der Waals surface area contributed by atoms with E-state index in [1.165, 1.54) is 0 Å². The second-order valence-corrected chi connectivity index (χ2v) is 13.3. The van der Waals surface area contributed by atoms with Crippen LogP contribution in [0.15, 0.2) is 152 Å². The van der Waals surface area contributed by atoms with Gasteiger partial charge in [-0.15, -0.1) is 0 Å². The third-order valence-electron chi connectivity index (χ3n) is 9.94. The first kappa shape index (κ1) is 30.4. The Bertz CT molecular complexity index is 2610. The van der Waals surface area contributed by atoms with Crippen LogP contribution in [-0.2, 0) is 5.41 Å². The Morgan fingerprint density at radius 1 is 0.471 bits per heavy atom. The van der Waals surface area contributed by atoms with Gasteiger partial charge in [0.05, 0.1) is 5.52 Å². The van der Waals surface area contributed by atoms with Crippen molar-refractivity contribution in [1.29, 1.82) is 0 Å². The Labute approximate surface area is 295 Å². The molecular formula is C45H31N5O. The van der Waals surface area contributed by atoms with Gasteiger partial charge in [-0.2, -0.15) is 0 Å². The second kappa shape index (κ2) is 12.0. The Kier molecular flexibility index (Phi) is 7.18. The van der Waals surface area contributed by atoms with Crippen molar-refractivity contribution in [1.82, 2.24) is 24.9 Å². The number of nitrogens with zero attached hydrogens (tertiary/aromatic N) is 5. The Morgan fingerprint density at radius 3 is 1.75 bits per heavy atom. The van der Waals surface area contributed by atoms with Gasteiger partial charge >= 0.3 is 0 Å². The Balaban J connectivity index is 1.04. The van der Waals surface area contributed by atoms with Crippen molar-refractivity contribution in [2.45, 2.75) is 19.3 Å². The van der Waals surface area contributed by atoms with E-state index in [1.807, 2.05) is 72.8 Å². The molecule has 0 spiro atoms. The van der Waals surface area contributed by atoms with Crippen LogP contribution in [0.4, 0.5) is 0 Å². The number of hydrogen-bond donors (Lipinski definition) is 0. The van der Waals surface area contributed by atoms with Crippen molar-refractivity contribution < 1.29 is 4.79 Å². The first-order valence-corrected chi connectivity index (χ1v) is 16.9. The molecule has 0 radical (unpaired) electrons. The molecule has 1 aliphatic carbocycles. The molecular weight excluding hydrogens is 627 g/mol. The highest BCUT2D eigenvalue weighted by molar-refractivity contribution is 6.13. The lowest BCUT2D eigenvalue weighted by molar-refractivity contribution is 0.103. The van der Waals surface area contributed by atoms with Crippen molar-refractivity contribution in [3.63, 3.8) is 0 Å². The van der Waals surface area contributed by atoms with E-state index in [9.17, 15) is 4.79 Å². The molecule has 51 heavy (non-hydrogen) atoms. The normalized spacial score (nSPS) is 13.1. The van der Waals surface area contributed by atoms with Crippen LogP contribution in [-0.4, -0.2) is 30.7 Å². The number of ketones is 1. The van der Waals surface area contributed by atoms with Gasteiger partial charge in [0, 0.05) is 44.8 Å². The van der Waals surface area contributed by atoms with E-state index in [-0.39, 0.29) is 11.2 Å². The molecule has 8 aromatic rings. The topological polar surface area (TPSA) is 81.5 Å². The van der Waals surface area contributed by atoms with Gasteiger partial charge in [-0.3, -0.25) is 4.79 Å². The smallest absolute Gasteiger partial charge is 0.193 e. The number of hydrogen-bond acceptors (Lipinski definition) is 6. The van der Waals surface area contributed by atoms with Gasteiger partial charge in [-0.25, -0.2) is 24.9 Å². The van der Waals surface area contributed by atoms with Gasteiger partial charge in [0.1, 0.15) is 6.33 Å². The molecule has 1 aliphatic rings. The molecule has 6 nitrogen and oxygen atoms in total. The first-order valence-electron chi connectivity index (χ1n) is 16.9. The SMILES string of the molecule is CC1(C)c2ccccc2C(=O)c2ccc(-c3ccc(-c4ccc(-c5nc(-c6ccccc6)nc(-c6cccc7ncncc67)n5)cc4)cc3)cc21. The van der Waals surface area contributed by atoms with Crippen molar-refractivity contribution in [2.75, 3.05) is 0 Å². The molecule has 0 amide bonds. The molecule has 242 valence electrons. The standard InChI is InChI=1S/C45H31N5O/c1-45(2)38-13-7-6-11-35(38)41(51)36-24-23-33(25-39(36)45)30-17-15-28(16-18-30)29-19-21-32(22-20-29)43-48-42(31-9-4-3-5-10-31)49-44(50-43)34-12-8-14-40-37(34)26-46-27-47-40/h3-27H,1-2H3. The Morgan fingerprint density at radius 2 is 1.02 bits per heavy atom. The molecule has 2 aromatic heterocycles. The molecule has 6 heteroatoms. The fourth-order valence-corrected chi connectivity index (χ4v) is 7.16. The predicted octanol–water partition coefficient (Wildman–Crippen LogP) is 10.0. The van der Waals surface area contributed by atoms with Gasteiger partial charge in [-0.05, 0) is 45.5 Å². The summed E-state index contributed by atoms with van der Waals surface area (Å²) in [6.45, 7) is 4.40. The number of aromatic nitrogens is 5. The molecule has 0 bridgehead atoms. The highest BCUT2D eigenvalue weighted by Crippen LogP contribution is 2.43. The summed E-state index contributed by atoms with van der Waals surface area (Å²) in [6.07, 6.45) is 3.35. The quantitative estimate of drug-likeness (QED) is 0.183. The minimum Gasteiger partial charge on any atom is -0.289 e. The first-order chi connectivity index (χ1) is 24.9. The van der Waals surface area contributed by atoms with Gasteiger partial charge in [-0.1, -0.05) is 141 Å². The largest absolute Gasteiger partial charge is 0.289 e. The maximum atomic E-state index is 13.4. The molecule has 0 N–H and O–H groups in total. The summed E-state index contributed by atoms with van der Waals surface area (Å²) in [5, 5.41) is 0.882. The van der Waals surface area contributed by atoms with Gasteiger partial charge < -0.3 is 0 Å². The van der Waals surface area contributed by atoms with Gasteiger partial charge in [0.15, 0.2) is 23.3 Å². The predicted molar refractivity (Wildman–Crippen MR) is 202 cm³/mol. The van der Waals surface area contributed by atoms with Crippen LogP contribution in [0, 0.1) is 0 Å². The van der Waals surface area contributed by atoms with Crippen LogP contribution in [0.1, 0.15) is 40.9 Å². The zero-order valence-electron chi connectivity index (χ0n) is 28.1. The molecule has 0 saturated carbocycles. The van der Waals surface area contributed by atoms with Crippen molar-refractivity contribution in [2.24, 2.45) is 0 Å². The number of carbonyl (C=O) groups is 1. The third kappa shape index (κ3) is 5.29. The number of carbonyl (C=O) groups excluding carboxylic acids is 1. The van der Waals surface area contributed by atoms with E-state index in [0.717, 1.165) is 72.1 Å². The summed E-state index contributed by atoms with van der Waals surface area (Å²) < 4.78 is 0. The summed E-state index contributed by atoms with van der Waals surface area (Å²) in [7, 11) is 0. The van der Waals surface area contributed by atoms with Gasteiger partial charge in [0.2, 0.25) is 0 Å². The monoisotopic (exact) mass is 657 g/mol. The fraction of sp³-hybridized carbons (Fsp3) is 0.0667. The lowest BCUT2D eigenvalue weighted by Gasteiger charge is -2.34. The summed E-state index contributed by atoms with van der Waals surface area (Å²) in [5.41, 5.74) is 11.3. The van der Waals surface area contributed by atoms with Crippen molar-refractivity contribution in [3.8, 4) is 56.4 Å². The molecule has 0 saturated heterocycles. The molecule has 0 fully saturated rings. The minimum absolute atomic E-state index is 0.0955. The van der Waals surface area contributed by atoms with Crippen LogP contribution >= 0.6 is 0 Å². The van der Waals surface area contributed by atoms with E-state index in [1.54, 1.807) is 12.5 Å².